The van der Waals surface area contributed by atoms with Crippen molar-refractivity contribution in [2.45, 2.75) is 316 Å². The van der Waals surface area contributed by atoms with Gasteiger partial charge < -0.3 is 44.4 Å². The van der Waals surface area contributed by atoms with Crippen LogP contribution < -0.4 is 30.2 Å². The zero-order chi connectivity index (χ0) is 65.8. The lowest BCUT2D eigenvalue weighted by Crippen LogP contribution is -2.59. The first-order valence-electron chi connectivity index (χ1n) is 36.2. The van der Waals surface area contributed by atoms with Crippen LogP contribution in [0.15, 0.2) is 60.7 Å². The summed E-state index contributed by atoms with van der Waals surface area (Å²) in [6.45, 7) is 15.8. The first-order valence-corrected chi connectivity index (χ1v) is 36.2. The molecule has 1 atom stereocenters. The third-order valence-electron chi connectivity index (χ3n) is 17.1. The summed E-state index contributed by atoms with van der Waals surface area (Å²) in [4.78, 5) is 67.7. The molecule has 1 aliphatic rings. The van der Waals surface area contributed by atoms with Gasteiger partial charge in [0.15, 0.2) is 11.5 Å². The molecule has 3 aromatic rings. The standard InChI is InChI=1S/C77H123N3O11/c1-9-12-15-17-19-21-23-25-27-29-31-33-35-37-39-45-54-86-68-56-61(57-69(72(68)88-53-14-11-3)87-55-46-40-38-36-34-32-30-28-26-24-22-20-18-16-13-10-2)59-89-71(82)58-78-73(83)67(51-52-70(81)91-76(4,5)6)79-74(84)77(7,8)80-75(85)90-60-66-64-49-43-41-47-62(64)63-48-42-44-50-65(63)66/h41-44,47-50,56-57,66-67H,9-40,45-46,51-55,58-60H2,1-8H3,(H,78,83)(H,79,84)(H,80,85)/t67-/m0/s1. The maximum absolute atomic E-state index is 14.0. The van der Waals surface area contributed by atoms with Gasteiger partial charge >= 0.3 is 18.0 Å². The van der Waals surface area contributed by atoms with Crippen molar-refractivity contribution in [3.63, 3.8) is 0 Å². The Balaban J connectivity index is 1.34. The van der Waals surface area contributed by atoms with Crippen molar-refractivity contribution in [1.29, 1.82) is 0 Å². The Morgan fingerprint density at radius 3 is 1.32 bits per heavy atom. The fourth-order valence-corrected chi connectivity index (χ4v) is 11.8. The van der Waals surface area contributed by atoms with E-state index in [1.165, 1.54) is 181 Å². The van der Waals surface area contributed by atoms with E-state index in [0.717, 1.165) is 73.6 Å². The maximum atomic E-state index is 14.0. The van der Waals surface area contributed by atoms with E-state index in [0.29, 0.717) is 42.6 Å². The molecule has 1 aliphatic carbocycles. The van der Waals surface area contributed by atoms with Gasteiger partial charge in [-0.25, -0.2) is 4.79 Å². The van der Waals surface area contributed by atoms with Gasteiger partial charge in [-0.1, -0.05) is 268 Å². The second-order valence-electron chi connectivity index (χ2n) is 27.0. The highest BCUT2D eigenvalue weighted by Gasteiger charge is 2.35. The summed E-state index contributed by atoms with van der Waals surface area (Å²) in [6.07, 6.45) is 41.8. The van der Waals surface area contributed by atoms with E-state index in [-0.39, 0.29) is 32.0 Å². The highest BCUT2D eigenvalue weighted by molar-refractivity contribution is 5.94. The van der Waals surface area contributed by atoms with E-state index in [1.807, 2.05) is 60.7 Å². The number of carbonyl (C=O) groups is 5. The molecule has 0 bridgehead atoms. The van der Waals surface area contributed by atoms with Gasteiger partial charge in [0.05, 0.1) is 19.8 Å². The first kappa shape index (κ1) is 77.7. The highest BCUT2D eigenvalue weighted by atomic mass is 16.6. The molecule has 0 heterocycles. The SMILES string of the molecule is CCCCCCCCCCCCCCCCCCOc1cc(COC(=O)CNC(=O)[C@H](CCC(=O)OC(C)(C)C)NC(=O)C(C)(C)NC(=O)OCC2c3ccccc3-c3ccccc32)cc(OCCCCCCCCCCCCCCCCCC)c1OCCCC. The van der Waals surface area contributed by atoms with Crippen LogP contribution in [0.4, 0.5) is 4.79 Å². The lowest BCUT2D eigenvalue weighted by atomic mass is 9.98. The fourth-order valence-electron chi connectivity index (χ4n) is 11.8. The fraction of sp³-hybridized carbons (Fsp3) is 0.701. The molecule has 4 rings (SSSR count). The van der Waals surface area contributed by atoms with E-state index in [1.54, 1.807) is 20.8 Å². The van der Waals surface area contributed by atoms with Crippen molar-refractivity contribution in [3.05, 3.63) is 77.4 Å². The largest absolute Gasteiger partial charge is 0.490 e. The number of nitrogens with one attached hydrogen (secondary N) is 3. The third-order valence-corrected chi connectivity index (χ3v) is 17.1. The number of rotatable bonds is 53. The predicted octanol–water partition coefficient (Wildman–Crippen LogP) is 19.2. The number of benzene rings is 3. The maximum Gasteiger partial charge on any atom is 0.408 e. The van der Waals surface area contributed by atoms with Crippen molar-refractivity contribution in [1.82, 2.24) is 16.0 Å². The third kappa shape index (κ3) is 33.1. The highest BCUT2D eigenvalue weighted by Crippen LogP contribution is 2.45. The van der Waals surface area contributed by atoms with Crippen molar-refractivity contribution in [3.8, 4) is 28.4 Å². The van der Waals surface area contributed by atoms with Crippen LogP contribution in [0.5, 0.6) is 17.2 Å². The molecule has 0 spiro atoms. The van der Waals surface area contributed by atoms with E-state index in [2.05, 4.69) is 36.7 Å². The number of alkyl carbamates (subject to hydrolysis) is 1. The zero-order valence-electron chi connectivity index (χ0n) is 58.1. The molecule has 0 saturated carbocycles. The van der Waals surface area contributed by atoms with Gasteiger partial charge in [0, 0.05) is 12.3 Å². The Bertz CT molecular complexity index is 2400. The van der Waals surface area contributed by atoms with Crippen LogP contribution in [0.1, 0.15) is 309 Å². The Labute approximate surface area is 550 Å². The van der Waals surface area contributed by atoms with Crippen LogP contribution in [0.2, 0.25) is 0 Å². The van der Waals surface area contributed by atoms with Gasteiger partial charge in [-0.05, 0) is 100 Å². The Morgan fingerprint density at radius 1 is 0.484 bits per heavy atom. The minimum absolute atomic E-state index is 0.0381. The lowest BCUT2D eigenvalue weighted by molar-refractivity contribution is -0.155. The lowest BCUT2D eigenvalue weighted by Gasteiger charge is -2.28. The number of unbranched alkanes of at least 4 members (excludes halogenated alkanes) is 31. The average molecular weight is 1270 g/mol. The number of fused-ring (bicyclic) bond motifs is 3. The van der Waals surface area contributed by atoms with E-state index < -0.39 is 53.6 Å². The zero-order valence-corrected chi connectivity index (χ0v) is 58.1. The predicted molar refractivity (Wildman–Crippen MR) is 369 cm³/mol. The smallest absolute Gasteiger partial charge is 0.408 e. The number of amides is 3. The minimum atomic E-state index is -1.56. The van der Waals surface area contributed by atoms with Crippen molar-refractivity contribution < 1.29 is 52.4 Å². The molecule has 14 heteroatoms. The summed E-state index contributed by atoms with van der Waals surface area (Å²) in [7, 11) is 0. The Kier molecular flexibility index (Phi) is 39.5. The van der Waals surface area contributed by atoms with Crippen LogP contribution >= 0.6 is 0 Å². The quantitative estimate of drug-likeness (QED) is 0.0278. The molecule has 3 N–H and O–H groups in total. The molecule has 3 aromatic carbocycles. The van der Waals surface area contributed by atoms with Gasteiger partial charge in [0.2, 0.25) is 17.6 Å². The van der Waals surface area contributed by atoms with Crippen LogP contribution in [-0.4, -0.2) is 80.0 Å². The first-order chi connectivity index (χ1) is 44.1. The summed E-state index contributed by atoms with van der Waals surface area (Å²) in [5.41, 5.74) is 2.55. The van der Waals surface area contributed by atoms with Gasteiger partial charge in [0.1, 0.15) is 36.9 Å². The van der Waals surface area contributed by atoms with Crippen molar-refractivity contribution in [2.75, 3.05) is 33.0 Å². The molecule has 0 aromatic heterocycles. The molecule has 0 unspecified atom stereocenters. The molecule has 0 saturated heterocycles. The number of hydrogen-bond donors (Lipinski definition) is 3. The van der Waals surface area contributed by atoms with Gasteiger partial charge in [0.25, 0.3) is 0 Å². The molecular weight excluding hydrogens is 1140 g/mol. The molecule has 91 heavy (non-hydrogen) atoms. The second kappa shape index (κ2) is 46.3. The van der Waals surface area contributed by atoms with Gasteiger partial charge in [-0.15, -0.1) is 0 Å². The molecule has 512 valence electrons. The Morgan fingerprint density at radius 2 is 0.890 bits per heavy atom. The molecule has 0 fully saturated rings. The monoisotopic (exact) mass is 1270 g/mol. The van der Waals surface area contributed by atoms with Crippen LogP contribution in [0.3, 0.4) is 0 Å². The normalized spacial score (nSPS) is 12.4. The Hall–Kier alpha value is -5.79. The number of ether oxygens (including phenoxy) is 6. The number of esters is 2. The molecule has 3 amide bonds. The van der Waals surface area contributed by atoms with Crippen LogP contribution in [0, 0.1) is 0 Å². The number of hydrogen-bond acceptors (Lipinski definition) is 11. The summed E-state index contributed by atoms with van der Waals surface area (Å²) in [5.74, 6) is -1.29. The molecule has 0 aliphatic heterocycles. The van der Waals surface area contributed by atoms with Gasteiger partial charge in [-0.3, -0.25) is 19.2 Å². The van der Waals surface area contributed by atoms with Gasteiger partial charge in [-0.2, -0.15) is 0 Å². The van der Waals surface area contributed by atoms with E-state index >= 15 is 0 Å². The second-order valence-corrected chi connectivity index (χ2v) is 27.0. The summed E-state index contributed by atoms with van der Waals surface area (Å²) in [6, 6.07) is 18.4. The van der Waals surface area contributed by atoms with Crippen LogP contribution in [0.25, 0.3) is 11.1 Å². The van der Waals surface area contributed by atoms with E-state index in [4.69, 9.17) is 28.4 Å². The summed E-state index contributed by atoms with van der Waals surface area (Å²) >= 11 is 0. The molecule has 14 nitrogen and oxygen atoms in total. The summed E-state index contributed by atoms with van der Waals surface area (Å²) < 4.78 is 36.5. The van der Waals surface area contributed by atoms with Crippen molar-refractivity contribution in [2.24, 2.45) is 0 Å². The number of carbonyl (C=O) groups excluding carboxylic acids is 5. The topological polar surface area (TPSA) is 177 Å². The average Bonchev–Trinajstić information content (AvgIpc) is 1.72. The van der Waals surface area contributed by atoms with Crippen LogP contribution in [-0.2, 0) is 40.0 Å². The van der Waals surface area contributed by atoms with E-state index in [9.17, 15) is 24.0 Å². The molecular formula is C77H123N3O11. The van der Waals surface area contributed by atoms with Crippen molar-refractivity contribution >= 4 is 29.8 Å². The minimum Gasteiger partial charge on any atom is -0.490 e. The molecule has 0 radical (unpaired) electrons. The summed E-state index contributed by atoms with van der Waals surface area (Å²) in [5, 5.41) is 7.96.